The molecule has 0 aromatic carbocycles. The van der Waals surface area contributed by atoms with E-state index in [1.165, 1.54) is 41.9 Å². The Hall–Kier alpha value is -0.640. The summed E-state index contributed by atoms with van der Waals surface area (Å²) in [6.07, 6.45) is 6.77. The normalized spacial score (nSPS) is 11.6. The van der Waals surface area contributed by atoms with Gasteiger partial charge in [0.15, 0.2) is 0 Å². The molecule has 0 aliphatic carbocycles. The smallest absolute Gasteiger partial charge is 0.0764 e. The third-order valence-electron chi connectivity index (χ3n) is 3.71. The molecule has 116 valence electrons. The zero-order chi connectivity index (χ0) is 14.9. The number of hydrogen-bond donors (Lipinski definition) is 1. The van der Waals surface area contributed by atoms with Gasteiger partial charge in [-0.05, 0) is 41.8 Å². The molecule has 0 bridgehead atoms. The van der Waals surface area contributed by atoms with Crippen molar-refractivity contribution in [2.45, 2.75) is 52.0 Å². The minimum Gasteiger partial charge on any atom is -0.305 e. The molecule has 0 unspecified atom stereocenters. The lowest BCUT2D eigenvalue weighted by Crippen LogP contribution is -2.22. The maximum absolute atomic E-state index is 3.75. The van der Waals surface area contributed by atoms with E-state index in [4.69, 9.17) is 0 Å². The summed E-state index contributed by atoms with van der Waals surface area (Å²) in [6.45, 7) is 5.74. The van der Waals surface area contributed by atoms with Gasteiger partial charge < -0.3 is 5.32 Å². The second-order valence-corrected chi connectivity index (χ2v) is 7.97. The lowest BCUT2D eigenvalue weighted by atomic mass is 10.0. The van der Waals surface area contributed by atoms with Gasteiger partial charge in [0.05, 0.1) is 6.04 Å². The summed E-state index contributed by atoms with van der Waals surface area (Å²) in [6, 6.07) is 9.17. The Labute approximate surface area is 137 Å². The van der Waals surface area contributed by atoms with Gasteiger partial charge in [0, 0.05) is 9.75 Å². The van der Waals surface area contributed by atoms with Crippen LogP contribution in [0, 0.1) is 5.92 Å². The zero-order valence-corrected chi connectivity index (χ0v) is 14.8. The molecule has 0 spiro atoms. The minimum absolute atomic E-state index is 0.390. The largest absolute Gasteiger partial charge is 0.305 e. The van der Waals surface area contributed by atoms with Crippen molar-refractivity contribution in [2.75, 3.05) is 6.54 Å². The van der Waals surface area contributed by atoms with E-state index in [9.17, 15) is 0 Å². The molecule has 0 atom stereocenters. The van der Waals surface area contributed by atoms with Crippen LogP contribution in [0.1, 0.15) is 61.7 Å². The molecule has 1 N–H and O–H groups in total. The molecule has 0 aliphatic heterocycles. The van der Waals surface area contributed by atoms with Gasteiger partial charge in [0.25, 0.3) is 0 Å². The van der Waals surface area contributed by atoms with E-state index in [2.05, 4.69) is 54.2 Å². The summed E-state index contributed by atoms with van der Waals surface area (Å²) in [5.41, 5.74) is 0. The third-order valence-corrected chi connectivity index (χ3v) is 5.59. The van der Waals surface area contributed by atoms with Crippen LogP contribution >= 0.6 is 22.7 Å². The average Bonchev–Trinajstić information content (AvgIpc) is 3.14. The van der Waals surface area contributed by atoms with Gasteiger partial charge in [0.1, 0.15) is 0 Å². The summed E-state index contributed by atoms with van der Waals surface area (Å²) in [5, 5.41) is 8.09. The Balaban J connectivity index is 1.71. The molecule has 2 heterocycles. The fraction of sp³-hybridized carbons (Fsp3) is 0.556. The van der Waals surface area contributed by atoms with E-state index < -0.39 is 0 Å². The van der Waals surface area contributed by atoms with Crippen LogP contribution in [0.2, 0.25) is 0 Å². The molecule has 2 aromatic heterocycles. The minimum atomic E-state index is 0.390. The molecular formula is C18H27NS2. The first-order chi connectivity index (χ1) is 10.3. The second kappa shape index (κ2) is 9.39. The van der Waals surface area contributed by atoms with E-state index in [1.807, 2.05) is 22.7 Å². The van der Waals surface area contributed by atoms with Crippen LogP contribution in [0.15, 0.2) is 35.0 Å². The summed E-state index contributed by atoms with van der Waals surface area (Å²) in [7, 11) is 0. The first-order valence-corrected chi connectivity index (χ1v) is 9.83. The zero-order valence-electron chi connectivity index (χ0n) is 13.2. The maximum Gasteiger partial charge on any atom is 0.0764 e. The average molecular weight is 322 g/mol. The van der Waals surface area contributed by atoms with Crippen LogP contribution in [-0.2, 0) is 0 Å². The summed E-state index contributed by atoms with van der Waals surface area (Å²) >= 11 is 3.70. The van der Waals surface area contributed by atoms with E-state index >= 15 is 0 Å². The SMILES string of the molecule is CC(C)CCCCCCNC(c1cccs1)c1cccs1. The Morgan fingerprint density at radius 1 is 0.905 bits per heavy atom. The van der Waals surface area contributed by atoms with E-state index in [0.29, 0.717) is 6.04 Å². The fourth-order valence-corrected chi connectivity index (χ4v) is 4.24. The lowest BCUT2D eigenvalue weighted by molar-refractivity contribution is 0.506. The quantitative estimate of drug-likeness (QED) is 0.522. The van der Waals surface area contributed by atoms with Crippen LogP contribution in [0.4, 0.5) is 0 Å². The Morgan fingerprint density at radius 3 is 2.05 bits per heavy atom. The molecule has 0 saturated heterocycles. The number of unbranched alkanes of at least 4 members (excludes halogenated alkanes) is 3. The van der Waals surface area contributed by atoms with Gasteiger partial charge in [-0.25, -0.2) is 0 Å². The summed E-state index contributed by atoms with van der Waals surface area (Å²) in [4.78, 5) is 2.86. The van der Waals surface area contributed by atoms with Gasteiger partial charge in [0.2, 0.25) is 0 Å². The first-order valence-electron chi connectivity index (χ1n) is 8.07. The van der Waals surface area contributed by atoms with Crippen LogP contribution in [0.5, 0.6) is 0 Å². The standard InChI is InChI=1S/C18H27NS2/c1-15(2)9-5-3-4-6-12-19-18(16-10-7-13-20-16)17-11-8-14-21-17/h7-8,10-11,13-15,18-19H,3-6,9,12H2,1-2H3. The number of hydrogen-bond acceptors (Lipinski definition) is 3. The predicted octanol–water partition coefficient (Wildman–Crippen LogP) is 6.10. The van der Waals surface area contributed by atoms with Gasteiger partial charge in [-0.15, -0.1) is 22.7 Å². The molecule has 0 amide bonds. The topological polar surface area (TPSA) is 12.0 Å². The molecule has 1 nitrogen and oxygen atoms in total. The highest BCUT2D eigenvalue weighted by Gasteiger charge is 2.14. The molecule has 0 aliphatic rings. The van der Waals surface area contributed by atoms with Gasteiger partial charge in [-0.3, -0.25) is 0 Å². The van der Waals surface area contributed by atoms with Crippen molar-refractivity contribution in [1.29, 1.82) is 0 Å². The third kappa shape index (κ3) is 5.93. The molecule has 0 radical (unpaired) electrons. The molecule has 3 heteroatoms. The first kappa shape index (κ1) is 16.7. The van der Waals surface area contributed by atoms with Gasteiger partial charge >= 0.3 is 0 Å². The molecule has 0 saturated carbocycles. The fourth-order valence-electron chi connectivity index (χ4n) is 2.53. The van der Waals surface area contributed by atoms with Crippen LogP contribution in [-0.4, -0.2) is 6.54 Å². The van der Waals surface area contributed by atoms with Crippen molar-refractivity contribution in [2.24, 2.45) is 5.92 Å². The Bertz CT molecular complexity index is 425. The monoisotopic (exact) mass is 321 g/mol. The van der Waals surface area contributed by atoms with Crippen molar-refractivity contribution in [3.63, 3.8) is 0 Å². The maximum atomic E-state index is 3.75. The molecular weight excluding hydrogens is 294 g/mol. The van der Waals surface area contributed by atoms with Crippen molar-refractivity contribution >= 4 is 22.7 Å². The molecule has 2 rings (SSSR count). The highest BCUT2D eigenvalue weighted by molar-refractivity contribution is 7.11. The van der Waals surface area contributed by atoms with Crippen molar-refractivity contribution in [3.05, 3.63) is 44.8 Å². The Morgan fingerprint density at radius 2 is 1.52 bits per heavy atom. The predicted molar refractivity (Wildman–Crippen MR) is 96.4 cm³/mol. The van der Waals surface area contributed by atoms with Crippen molar-refractivity contribution in [3.8, 4) is 0 Å². The summed E-state index contributed by atoms with van der Waals surface area (Å²) in [5.74, 6) is 0.852. The number of thiophene rings is 2. The number of nitrogens with one attached hydrogen (secondary N) is 1. The van der Waals surface area contributed by atoms with Crippen molar-refractivity contribution in [1.82, 2.24) is 5.32 Å². The van der Waals surface area contributed by atoms with E-state index in [1.54, 1.807) is 0 Å². The second-order valence-electron chi connectivity index (χ2n) is 6.01. The lowest BCUT2D eigenvalue weighted by Gasteiger charge is -2.16. The molecule has 21 heavy (non-hydrogen) atoms. The summed E-state index contributed by atoms with van der Waals surface area (Å²) < 4.78 is 0. The van der Waals surface area contributed by atoms with Crippen LogP contribution in [0.3, 0.4) is 0 Å². The number of rotatable bonds is 10. The molecule has 0 fully saturated rings. The van der Waals surface area contributed by atoms with E-state index in [-0.39, 0.29) is 0 Å². The highest BCUT2D eigenvalue weighted by Crippen LogP contribution is 2.29. The van der Waals surface area contributed by atoms with Gasteiger partial charge in [-0.1, -0.05) is 51.7 Å². The van der Waals surface area contributed by atoms with Gasteiger partial charge in [-0.2, -0.15) is 0 Å². The van der Waals surface area contributed by atoms with Crippen LogP contribution < -0.4 is 5.32 Å². The highest BCUT2D eigenvalue weighted by atomic mass is 32.1. The van der Waals surface area contributed by atoms with Crippen LogP contribution in [0.25, 0.3) is 0 Å². The van der Waals surface area contributed by atoms with Crippen molar-refractivity contribution < 1.29 is 0 Å². The Kier molecular flexibility index (Phi) is 7.48. The molecule has 2 aromatic rings. The van der Waals surface area contributed by atoms with E-state index in [0.717, 1.165) is 12.5 Å².